The molecule has 0 heterocycles. The van der Waals surface area contributed by atoms with Crippen LogP contribution in [0.4, 0.5) is 0 Å². The zero-order valence-corrected chi connectivity index (χ0v) is 6.55. The molecule has 0 aliphatic rings. The molecule has 0 amide bonds. The Morgan fingerprint density at radius 1 is 1.50 bits per heavy atom. The van der Waals surface area contributed by atoms with Crippen LogP contribution in [-0.4, -0.2) is 16.6 Å². The lowest BCUT2D eigenvalue weighted by Crippen LogP contribution is -1.95. The zero-order chi connectivity index (χ0) is 7.28. The average molecular weight is 148 g/mol. The van der Waals surface area contributed by atoms with Crippen molar-refractivity contribution in [2.45, 2.75) is 33.1 Å². The van der Waals surface area contributed by atoms with E-state index in [0.29, 0.717) is 12.3 Å². The van der Waals surface area contributed by atoms with Crippen LogP contribution in [0, 0.1) is 5.92 Å². The first-order valence-corrected chi connectivity index (χ1v) is 3.34. The van der Waals surface area contributed by atoms with E-state index in [4.69, 9.17) is 5.11 Å². The van der Waals surface area contributed by atoms with E-state index in [-0.39, 0.29) is 5.48 Å². The minimum absolute atomic E-state index is 0. The normalized spacial score (nSPS) is 9.10. The number of rotatable bonds is 4. The van der Waals surface area contributed by atoms with Crippen LogP contribution in [0.15, 0.2) is 0 Å². The van der Waals surface area contributed by atoms with Gasteiger partial charge in [0.25, 0.3) is 0 Å². The van der Waals surface area contributed by atoms with E-state index < -0.39 is 5.97 Å². The number of aliphatic carboxylic acids is 1. The highest BCUT2D eigenvalue weighted by molar-refractivity contribution is 5.66. The Morgan fingerprint density at radius 3 is 2.30 bits per heavy atom. The Kier molecular flexibility index (Phi) is 7.95. The molecule has 0 rings (SSSR count). The molecule has 10 heavy (non-hydrogen) atoms. The van der Waals surface area contributed by atoms with Gasteiger partial charge in [0.1, 0.15) is 0 Å². The number of carboxylic acid groups (broad SMARTS) is 1. The van der Waals surface area contributed by atoms with Crippen molar-refractivity contribution >= 4 is 5.97 Å². The fourth-order valence-electron chi connectivity index (χ4n) is 0.662. The Labute approximate surface area is 61.4 Å². The first-order chi connectivity index (χ1) is 4.13. The molecule has 0 aromatic rings. The largest absolute Gasteiger partial charge is 0.481 e. The van der Waals surface area contributed by atoms with Crippen LogP contribution in [0.5, 0.6) is 0 Å². The van der Waals surface area contributed by atoms with Crippen molar-refractivity contribution in [3.8, 4) is 0 Å². The fourth-order valence-corrected chi connectivity index (χ4v) is 0.662. The Bertz CT molecular complexity index is 88.9. The maximum atomic E-state index is 9.98. The van der Waals surface area contributed by atoms with Gasteiger partial charge in [0.2, 0.25) is 0 Å². The minimum Gasteiger partial charge on any atom is -0.481 e. The maximum Gasteiger partial charge on any atom is 0.303 e. The van der Waals surface area contributed by atoms with E-state index in [1.807, 2.05) is 0 Å². The molecule has 0 bridgehead atoms. The lowest BCUT2D eigenvalue weighted by molar-refractivity contribution is -0.137. The van der Waals surface area contributed by atoms with Gasteiger partial charge in [-0.05, 0) is 12.3 Å². The van der Waals surface area contributed by atoms with Crippen LogP contribution in [0.2, 0.25) is 0 Å². The molecule has 3 nitrogen and oxygen atoms in total. The molecule has 62 valence electrons. The Morgan fingerprint density at radius 2 is 2.00 bits per heavy atom. The molecular formula is C7H16O3. The molecule has 0 aromatic heterocycles. The number of carboxylic acids is 1. The molecule has 0 spiro atoms. The molecule has 3 heteroatoms. The lowest BCUT2D eigenvalue weighted by Gasteiger charge is -1.99. The van der Waals surface area contributed by atoms with Gasteiger partial charge in [-0.1, -0.05) is 20.3 Å². The second-order valence-electron chi connectivity index (χ2n) is 2.68. The lowest BCUT2D eigenvalue weighted by atomic mass is 10.1. The van der Waals surface area contributed by atoms with E-state index in [1.165, 1.54) is 0 Å². The van der Waals surface area contributed by atoms with Gasteiger partial charge in [-0.25, -0.2) is 0 Å². The summed E-state index contributed by atoms with van der Waals surface area (Å²) in [6.07, 6.45) is 2.15. The summed E-state index contributed by atoms with van der Waals surface area (Å²) < 4.78 is 0. The van der Waals surface area contributed by atoms with E-state index in [1.54, 1.807) is 0 Å². The van der Waals surface area contributed by atoms with Crippen LogP contribution in [0.3, 0.4) is 0 Å². The summed E-state index contributed by atoms with van der Waals surface area (Å²) in [5.74, 6) is -0.0556. The van der Waals surface area contributed by atoms with Gasteiger partial charge in [0, 0.05) is 6.42 Å². The van der Waals surface area contributed by atoms with Gasteiger partial charge in [0.05, 0.1) is 0 Å². The van der Waals surface area contributed by atoms with Crippen molar-refractivity contribution in [3.63, 3.8) is 0 Å². The molecule has 0 radical (unpaired) electrons. The third-order valence-corrected chi connectivity index (χ3v) is 1.17. The molecule has 0 fully saturated rings. The zero-order valence-electron chi connectivity index (χ0n) is 6.55. The third-order valence-electron chi connectivity index (χ3n) is 1.17. The molecule has 0 saturated carbocycles. The average Bonchev–Trinajstić information content (AvgIpc) is 1.63. The summed E-state index contributed by atoms with van der Waals surface area (Å²) in [6.45, 7) is 4.20. The molecule has 0 aliphatic heterocycles. The summed E-state index contributed by atoms with van der Waals surface area (Å²) in [5.41, 5.74) is 0. The van der Waals surface area contributed by atoms with Crippen LogP contribution in [0.1, 0.15) is 33.1 Å². The van der Waals surface area contributed by atoms with E-state index >= 15 is 0 Å². The van der Waals surface area contributed by atoms with Crippen molar-refractivity contribution in [2.24, 2.45) is 5.92 Å². The van der Waals surface area contributed by atoms with E-state index in [0.717, 1.165) is 12.8 Å². The van der Waals surface area contributed by atoms with Crippen LogP contribution < -0.4 is 0 Å². The third kappa shape index (κ3) is 10.4. The molecule has 0 aliphatic carbocycles. The van der Waals surface area contributed by atoms with Crippen molar-refractivity contribution in [2.75, 3.05) is 0 Å². The molecule has 0 unspecified atom stereocenters. The standard InChI is InChI=1S/C7H14O2.H2O/c1-6(2)4-3-5-7(8)9;/h6H,3-5H2,1-2H3,(H,8,9);1H2. The monoisotopic (exact) mass is 148 g/mol. The summed E-state index contributed by atoms with van der Waals surface area (Å²) >= 11 is 0. The second-order valence-corrected chi connectivity index (χ2v) is 2.68. The summed E-state index contributed by atoms with van der Waals surface area (Å²) in [4.78, 5) is 9.98. The molecule has 3 N–H and O–H groups in total. The van der Waals surface area contributed by atoms with Gasteiger partial charge < -0.3 is 10.6 Å². The Hall–Kier alpha value is -0.570. The van der Waals surface area contributed by atoms with Gasteiger partial charge >= 0.3 is 5.97 Å². The second kappa shape index (κ2) is 6.55. The predicted octanol–water partition coefficient (Wildman–Crippen LogP) is 1.07. The predicted molar refractivity (Wildman–Crippen MR) is 39.9 cm³/mol. The minimum atomic E-state index is -0.685. The van der Waals surface area contributed by atoms with Gasteiger partial charge in [-0.15, -0.1) is 0 Å². The van der Waals surface area contributed by atoms with Crippen molar-refractivity contribution in [1.29, 1.82) is 0 Å². The number of hydrogen-bond acceptors (Lipinski definition) is 1. The fraction of sp³-hybridized carbons (Fsp3) is 0.857. The molecule has 0 saturated heterocycles. The highest BCUT2D eigenvalue weighted by atomic mass is 16.4. The molecule has 0 aromatic carbocycles. The summed E-state index contributed by atoms with van der Waals surface area (Å²) in [7, 11) is 0. The number of hydrogen-bond donors (Lipinski definition) is 1. The van der Waals surface area contributed by atoms with Gasteiger partial charge in [-0.2, -0.15) is 0 Å². The van der Waals surface area contributed by atoms with E-state index in [9.17, 15) is 4.79 Å². The van der Waals surface area contributed by atoms with Crippen LogP contribution in [-0.2, 0) is 4.79 Å². The van der Waals surface area contributed by atoms with E-state index in [2.05, 4.69) is 13.8 Å². The SMILES string of the molecule is CC(C)CCCC(=O)O.O. The number of carbonyl (C=O) groups is 1. The highest BCUT2D eigenvalue weighted by Crippen LogP contribution is 2.05. The van der Waals surface area contributed by atoms with Gasteiger partial charge in [0.15, 0.2) is 0 Å². The van der Waals surface area contributed by atoms with Gasteiger partial charge in [-0.3, -0.25) is 4.79 Å². The summed E-state index contributed by atoms with van der Waals surface area (Å²) in [5, 5.41) is 8.23. The highest BCUT2D eigenvalue weighted by Gasteiger charge is 1.97. The van der Waals surface area contributed by atoms with Crippen molar-refractivity contribution in [3.05, 3.63) is 0 Å². The van der Waals surface area contributed by atoms with Crippen molar-refractivity contribution < 1.29 is 15.4 Å². The quantitative estimate of drug-likeness (QED) is 0.648. The van der Waals surface area contributed by atoms with Crippen LogP contribution in [0.25, 0.3) is 0 Å². The summed E-state index contributed by atoms with van der Waals surface area (Å²) in [6, 6.07) is 0. The van der Waals surface area contributed by atoms with Crippen molar-refractivity contribution in [1.82, 2.24) is 0 Å². The first kappa shape index (κ1) is 12.1. The molecule has 0 atom stereocenters. The first-order valence-electron chi connectivity index (χ1n) is 3.34. The topological polar surface area (TPSA) is 68.8 Å². The Balaban J connectivity index is 0. The molecular weight excluding hydrogens is 132 g/mol. The maximum absolute atomic E-state index is 9.98. The smallest absolute Gasteiger partial charge is 0.303 e. The van der Waals surface area contributed by atoms with Crippen LogP contribution >= 0.6 is 0 Å².